The highest BCUT2D eigenvalue weighted by Crippen LogP contribution is 2.17. The van der Waals surface area contributed by atoms with E-state index in [2.05, 4.69) is 4.72 Å². The minimum atomic E-state index is -4.14. The first-order valence-electron chi connectivity index (χ1n) is 4.57. The van der Waals surface area contributed by atoms with Crippen molar-refractivity contribution >= 4 is 10.0 Å². The summed E-state index contributed by atoms with van der Waals surface area (Å²) in [6.07, 6.45) is 0. The van der Waals surface area contributed by atoms with Crippen molar-refractivity contribution in [3.05, 3.63) is 35.8 Å². The summed E-state index contributed by atoms with van der Waals surface area (Å²) in [5.74, 6) is -1.40. The Balaban J connectivity index is 3.08. The fraction of sp³-hybridized carbons (Fsp3) is 0.300. The first-order valence-corrected chi connectivity index (χ1v) is 6.05. The molecule has 1 radical (unpaired) electrons. The van der Waals surface area contributed by atoms with Gasteiger partial charge in [0.05, 0.1) is 0 Å². The van der Waals surface area contributed by atoms with Crippen LogP contribution in [0.4, 0.5) is 8.78 Å². The Hall–Kier alpha value is -1.01. The summed E-state index contributed by atoms with van der Waals surface area (Å²) in [4.78, 5) is -0.934. The molecule has 0 bridgehead atoms. The second-order valence-electron chi connectivity index (χ2n) is 3.58. The molecule has 0 amide bonds. The predicted octanol–water partition coefficient (Wildman–Crippen LogP) is 1.86. The molecule has 89 valence electrons. The minimum absolute atomic E-state index is 0.0517. The van der Waals surface area contributed by atoms with Crippen LogP contribution in [0, 0.1) is 17.6 Å². The largest absolute Gasteiger partial charge is 0.246 e. The van der Waals surface area contributed by atoms with Crippen molar-refractivity contribution in [3.8, 4) is 0 Å². The zero-order chi connectivity index (χ0) is 12.3. The first kappa shape index (κ1) is 13.1. The Morgan fingerprint density at radius 2 is 1.75 bits per heavy atom. The number of rotatable bonds is 4. The van der Waals surface area contributed by atoms with Crippen molar-refractivity contribution in [1.29, 1.82) is 0 Å². The average Bonchev–Trinajstić information content (AvgIpc) is 2.14. The Bertz CT molecular complexity index is 451. The fourth-order valence-corrected chi connectivity index (χ4v) is 2.32. The molecule has 3 nitrogen and oxygen atoms in total. The Morgan fingerprint density at radius 1 is 1.25 bits per heavy atom. The lowest BCUT2D eigenvalue weighted by molar-refractivity contribution is 0.514. The van der Waals surface area contributed by atoms with Gasteiger partial charge in [-0.1, -0.05) is 19.9 Å². The van der Waals surface area contributed by atoms with Gasteiger partial charge >= 0.3 is 0 Å². The van der Waals surface area contributed by atoms with Gasteiger partial charge in [0.1, 0.15) is 11.6 Å². The van der Waals surface area contributed by atoms with Crippen molar-refractivity contribution in [2.75, 3.05) is 6.54 Å². The van der Waals surface area contributed by atoms with Crippen LogP contribution in [0.2, 0.25) is 0 Å². The van der Waals surface area contributed by atoms with Gasteiger partial charge in [-0.2, -0.15) is 0 Å². The summed E-state index contributed by atoms with van der Waals surface area (Å²) >= 11 is 0. The lowest BCUT2D eigenvalue weighted by Crippen LogP contribution is -2.28. The molecule has 0 heterocycles. The molecule has 0 aliphatic rings. The van der Waals surface area contributed by atoms with E-state index in [4.69, 9.17) is 0 Å². The van der Waals surface area contributed by atoms with E-state index in [1.165, 1.54) is 0 Å². The Morgan fingerprint density at radius 3 is 2.19 bits per heavy atom. The maximum Gasteiger partial charge on any atom is 0.246 e. The molecule has 0 aliphatic heterocycles. The van der Waals surface area contributed by atoms with Crippen LogP contribution in [-0.2, 0) is 10.0 Å². The van der Waals surface area contributed by atoms with Crippen LogP contribution in [0.1, 0.15) is 13.8 Å². The number of halogens is 2. The van der Waals surface area contributed by atoms with Crippen LogP contribution in [-0.4, -0.2) is 15.0 Å². The molecule has 6 heteroatoms. The highest BCUT2D eigenvalue weighted by Gasteiger charge is 2.23. The summed E-state index contributed by atoms with van der Waals surface area (Å²) in [5.41, 5.74) is 0. The number of nitrogens with one attached hydrogen (secondary N) is 1. The van der Waals surface area contributed by atoms with Gasteiger partial charge in [0.15, 0.2) is 4.90 Å². The molecular weight excluding hydrogens is 236 g/mol. The normalized spacial score (nSPS) is 12.1. The quantitative estimate of drug-likeness (QED) is 0.884. The molecule has 1 aromatic carbocycles. The van der Waals surface area contributed by atoms with Gasteiger partial charge in [-0.3, -0.25) is 0 Å². The molecular formula is C10H12F2NO2S. The highest BCUT2D eigenvalue weighted by atomic mass is 32.2. The number of sulfonamides is 1. The molecule has 0 spiro atoms. The number of hydrogen-bond acceptors (Lipinski definition) is 2. The van der Waals surface area contributed by atoms with Gasteiger partial charge in [-0.05, 0) is 18.1 Å². The average molecular weight is 248 g/mol. The summed E-state index contributed by atoms with van der Waals surface area (Å²) in [6.45, 7) is 3.47. The van der Waals surface area contributed by atoms with Gasteiger partial charge in [0.25, 0.3) is 0 Å². The molecule has 0 atom stereocenters. The molecule has 0 saturated carbocycles. The van der Waals surface area contributed by atoms with Gasteiger partial charge < -0.3 is 0 Å². The van der Waals surface area contributed by atoms with E-state index < -0.39 is 26.6 Å². The molecule has 1 rings (SSSR count). The molecule has 0 unspecified atom stereocenters. The third kappa shape index (κ3) is 2.99. The molecule has 0 aromatic heterocycles. The third-order valence-corrected chi connectivity index (χ3v) is 3.26. The maximum atomic E-state index is 13.2. The van der Waals surface area contributed by atoms with Crippen molar-refractivity contribution in [1.82, 2.24) is 4.72 Å². The second kappa shape index (κ2) is 4.88. The van der Waals surface area contributed by atoms with Gasteiger partial charge in [-0.25, -0.2) is 21.9 Å². The zero-order valence-electron chi connectivity index (χ0n) is 8.92. The van der Waals surface area contributed by atoms with Crippen LogP contribution in [0.25, 0.3) is 0 Å². The maximum absolute atomic E-state index is 13.2. The third-order valence-electron chi connectivity index (χ3n) is 1.80. The summed E-state index contributed by atoms with van der Waals surface area (Å²) in [6, 6.07) is 2.92. The molecule has 0 aliphatic carbocycles. The van der Waals surface area contributed by atoms with Crippen molar-refractivity contribution < 1.29 is 17.2 Å². The SMILES string of the molecule is C[C](C)CNS(=O)(=O)c1c(F)cccc1F. The molecule has 0 fully saturated rings. The van der Waals surface area contributed by atoms with E-state index in [1.54, 1.807) is 13.8 Å². The van der Waals surface area contributed by atoms with Crippen LogP contribution in [0.5, 0.6) is 0 Å². The van der Waals surface area contributed by atoms with Crippen molar-refractivity contribution in [3.63, 3.8) is 0 Å². The minimum Gasteiger partial charge on any atom is -0.210 e. The van der Waals surface area contributed by atoms with E-state index in [9.17, 15) is 17.2 Å². The van der Waals surface area contributed by atoms with Crippen LogP contribution < -0.4 is 4.72 Å². The van der Waals surface area contributed by atoms with E-state index in [-0.39, 0.29) is 6.54 Å². The second-order valence-corrected chi connectivity index (χ2v) is 5.29. The molecule has 16 heavy (non-hydrogen) atoms. The van der Waals surface area contributed by atoms with E-state index >= 15 is 0 Å². The Labute approximate surface area is 93.5 Å². The lowest BCUT2D eigenvalue weighted by atomic mass is 10.2. The highest BCUT2D eigenvalue weighted by molar-refractivity contribution is 7.89. The molecule has 1 aromatic rings. The van der Waals surface area contributed by atoms with E-state index in [0.717, 1.165) is 24.1 Å². The smallest absolute Gasteiger partial charge is 0.210 e. The van der Waals surface area contributed by atoms with Crippen LogP contribution in [0.15, 0.2) is 23.1 Å². The monoisotopic (exact) mass is 248 g/mol. The van der Waals surface area contributed by atoms with Crippen LogP contribution in [0.3, 0.4) is 0 Å². The topological polar surface area (TPSA) is 46.2 Å². The van der Waals surface area contributed by atoms with Gasteiger partial charge in [-0.15, -0.1) is 0 Å². The number of hydrogen-bond donors (Lipinski definition) is 1. The zero-order valence-corrected chi connectivity index (χ0v) is 9.74. The van der Waals surface area contributed by atoms with Crippen molar-refractivity contribution in [2.45, 2.75) is 18.7 Å². The summed E-state index contributed by atoms with van der Waals surface area (Å²) < 4.78 is 51.7. The lowest BCUT2D eigenvalue weighted by Gasteiger charge is -2.09. The van der Waals surface area contributed by atoms with Crippen LogP contribution >= 0.6 is 0 Å². The van der Waals surface area contributed by atoms with E-state index in [0.29, 0.717) is 0 Å². The van der Waals surface area contributed by atoms with Gasteiger partial charge in [0, 0.05) is 6.54 Å². The van der Waals surface area contributed by atoms with E-state index in [1.807, 2.05) is 0 Å². The molecule has 1 N–H and O–H groups in total. The predicted molar refractivity (Wildman–Crippen MR) is 56.1 cm³/mol. The number of benzene rings is 1. The summed E-state index contributed by atoms with van der Waals surface area (Å²) in [7, 11) is -4.14. The standard InChI is InChI=1S/C10H12F2NO2S/c1-7(2)6-13-16(14,15)10-8(11)4-3-5-9(10)12/h3-5,13H,6H2,1-2H3. The Kier molecular flexibility index (Phi) is 3.98. The summed E-state index contributed by atoms with van der Waals surface area (Å²) in [5, 5.41) is 0. The van der Waals surface area contributed by atoms with Gasteiger partial charge in [0.2, 0.25) is 10.0 Å². The fourth-order valence-electron chi connectivity index (χ4n) is 1.05. The van der Waals surface area contributed by atoms with Crippen molar-refractivity contribution in [2.24, 2.45) is 0 Å². The molecule has 0 saturated heterocycles. The first-order chi connectivity index (χ1) is 7.34.